The molecule has 0 bridgehead atoms. The Morgan fingerprint density at radius 3 is 2.72 bits per heavy atom. The summed E-state index contributed by atoms with van der Waals surface area (Å²) < 4.78 is 2.10. The molecule has 1 fully saturated rings. The summed E-state index contributed by atoms with van der Waals surface area (Å²) in [5.74, 6) is 0.960. The number of halogens is 1. The van der Waals surface area contributed by atoms with Gasteiger partial charge in [0.2, 0.25) is 5.95 Å². The van der Waals surface area contributed by atoms with E-state index < -0.39 is 0 Å². The smallest absolute Gasteiger partial charge is 0.211 e. The van der Waals surface area contributed by atoms with Gasteiger partial charge in [0, 0.05) is 54.7 Å². The summed E-state index contributed by atoms with van der Waals surface area (Å²) in [6.45, 7) is 1.99. The molecule has 0 N–H and O–H groups in total. The lowest BCUT2D eigenvalue weighted by Crippen LogP contribution is -2.41. The van der Waals surface area contributed by atoms with E-state index >= 15 is 0 Å². The molecule has 1 spiro atoms. The molecule has 0 atom stereocenters. The van der Waals surface area contributed by atoms with Crippen LogP contribution in [0.25, 0.3) is 5.65 Å². The highest BCUT2D eigenvalue weighted by atomic mass is 35.5. The van der Waals surface area contributed by atoms with Crippen LogP contribution in [0.15, 0.2) is 59.0 Å². The maximum Gasteiger partial charge on any atom is 0.211 e. The van der Waals surface area contributed by atoms with E-state index in [1.165, 1.54) is 11.3 Å². The zero-order valence-electron chi connectivity index (χ0n) is 17.8. The van der Waals surface area contributed by atoms with Crippen molar-refractivity contribution >= 4 is 48.4 Å². The second-order valence-corrected chi connectivity index (χ2v) is 10.3. The number of pyridine rings is 2. The number of aromatic nitrogens is 5. The Bertz CT molecular complexity index is 1320. The Balaban J connectivity index is 1.23. The van der Waals surface area contributed by atoms with Gasteiger partial charge in [-0.3, -0.25) is 14.4 Å². The van der Waals surface area contributed by atoms with Crippen LogP contribution >= 0.6 is 23.4 Å². The number of hydrogen-bond acceptors (Lipinski definition) is 6. The lowest BCUT2D eigenvalue weighted by atomic mass is 9.76. The van der Waals surface area contributed by atoms with Crippen molar-refractivity contribution in [2.45, 2.75) is 35.5 Å². The Kier molecular flexibility index (Phi) is 4.88. The molecule has 160 valence electrons. The van der Waals surface area contributed by atoms with Crippen LogP contribution in [0, 0.1) is 5.41 Å². The van der Waals surface area contributed by atoms with E-state index in [1.54, 1.807) is 24.2 Å². The minimum atomic E-state index is 0.349. The molecule has 2 aliphatic rings. The first kappa shape index (κ1) is 20.1. The monoisotopic (exact) mass is 460 g/mol. The first-order valence-electron chi connectivity index (χ1n) is 10.9. The third-order valence-electron chi connectivity index (χ3n) is 6.75. The number of fused-ring (bicyclic) bond motifs is 2. The molecule has 0 amide bonds. The van der Waals surface area contributed by atoms with Gasteiger partial charge in [-0.15, -0.1) is 0 Å². The molecule has 32 heavy (non-hydrogen) atoms. The SMILES string of the molecule is Bc1ccc2c(n1)CC1(CCN(c3ncc(Sc4ccncc4Cl)c4nccn34)CC1)C2. The van der Waals surface area contributed by atoms with Crippen molar-refractivity contribution < 1.29 is 0 Å². The first-order chi connectivity index (χ1) is 15.6. The summed E-state index contributed by atoms with van der Waals surface area (Å²) in [6, 6.07) is 6.34. The van der Waals surface area contributed by atoms with E-state index in [-0.39, 0.29) is 0 Å². The van der Waals surface area contributed by atoms with E-state index in [2.05, 4.69) is 39.2 Å². The van der Waals surface area contributed by atoms with Gasteiger partial charge in [-0.25, -0.2) is 9.97 Å². The maximum atomic E-state index is 6.31. The van der Waals surface area contributed by atoms with Crippen LogP contribution in [0.4, 0.5) is 5.95 Å². The predicted octanol–water partition coefficient (Wildman–Crippen LogP) is 2.97. The topological polar surface area (TPSA) is 59.2 Å². The van der Waals surface area contributed by atoms with Gasteiger partial charge in [-0.2, -0.15) is 0 Å². The summed E-state index contributed by atoms with van der Waals surface area (Å²) in [7, 11) is 2.08. The molecule has 6 rings (SSSR count). The summed E-state index contributed by atoms with van der Waals surface area (Å²) in [5, 5.41) is 0.634. The number of piperidine rings is 1. The number of imidazole rings is 1. The standard InChI is InChI=1S/C23H22BClN6S/c24-20-2-1-15-11-23(12-17(15)29-20)4-8-30(9-5-23)22-28-14-19(21-27-7-10-31(21)22)32-18-3-6-26-13-16(18)25/h1-3,6-7,10,13-14H,4-5,8-9,11-12,24H2. The Morgan fingerprint density at radius 1 is 1.00 bits per heavy atom. The van der Waals surface area contributed by atoms with Crippen LogP contribution in [0.5, 0.6) is 0 Å². The largest absolute Gasteiger partial charge is 0.342 e. The van der Waals surface area contributed by atoms with Crippen LogP contribution in [-0.2, 0) is 12.8 Å². The third-order valence-corrected chi connectivity index (χ3v) is 8.25. The Hall–Kier alpha value is -2.58. The van der Waals surface area contributed by atoms with Crippen molar-refractivity contribution in [2.24, 2.45) is 5.41 Å². The summed E-state index contributed by atoms with van der Waals surface area (Å²) in [6.07, 6.45) is 13.7. The molecular weight excluding hydrogens is 439 g/mol. The van der Waals surface area contributed by atoms with Gasteiger partial charge in [0.25, 0.3) is 0 Å². The molecule has 4 aromatic heterocycles. The van der Waals surface area contributed by atoms with Crippen molar-refractivity contribution in [3.05, 3.63) is 65.5 Å². The number of hydrogen-bond donors (Lipinski definition) is 0. The van der Waals surface area contributed by atoms with Gasteiger partial charge in [-0.05, 0) is 48.3 Å². The molecule has 1 aliphatic heterocycles. The van der Waals surface area contributed by atoms with Gasteiger partial charge in [0.05, 0.1) is 9.92 Å². The lowest BCUT2D eigenvalue weighted by Gasteiger charge is -2.39. The second-order valence-electron chi connectivity index (χ2n) is 8.85. The van der Waals surface area contributed by atoms with Crippen molar-refractivity contribution in [2.75, 3.05) is 18.0 Å². The van der Waals surface area contributed by atoms with Crippen LogP contribution in [0.2, 0.25) is 5.02 Å². The predicted molar refractivity (Wildman–Crippen MR) is 130 cm³/mol. The highest BCUT2D eigenvalue weighted by Gasteiger charge is 2.41. The van der Waals surface area contributed by atoms with E-state index in [9.17, 15) is 0 Å². The Morgan fingerprint density at radius 2 is 1.88 bits per heavy atom. The van der Waals surface area contributed by atoms with Crippen LogP contribution in [0.3, 0.4) is 0 Å². The number of anilines is 1. The molecule has 9 heteroatoms. The summed E-state index contributed by atoms with van der Waals surface area (Å²) >= 11 is 7.88. The fourth-order valence-corrected chi connectivity index (χ4v) is 6.16. The summed E-state index contributed by atoms with van der Waals surface area (Å²) in [5.41, 5.74) is 5.12. The van der Waals surface area contributed by atoms with E-state index in [4.69, 9.17) is 21.6 Å². The van der Waals surface area contributed by atoms with Crippen molar-refractivity contribution in [3.8, 4) is 0 Å². The quantitative estimate of drug-likeness (QED) is 0.438. The summed E-state index contributed by atoms with van der Waals surface area (Å²) in [4.78, 5) is 22.7. The van der Waals surface area contributed by atoms with Crippen molar-refractivity contribution in [1.82, 2.24) is 24.3 Å². The van der Waals surface area contributed by atoms with Crippen LogP contribution < -0.4 is 10.5 Å². The molecule has 5 heterocycles. The molecule has 0 radical (unpaired) electrons. The Labute approximate surface area is 196 Å². The zero-order valence-corrected chi connectivity index (χ0v) is 19.4. The average molecular weight is 461 g/mol. The molecule has 0 aromatic carbocycles. The fourth-order valence-electron chi connectivity index (χ4n) is 5.06. The van der Waals surface area contributed by atoms with Crippen molar-refractivity contribution in [1.29, 1.82) is 0 Å². The van der Waals surface area contributed by atoms with Gasteiger partial charge >= 0.3 is 0 Å². The number of nitrogens with zero attached hydrogens (tertiary/aromatic N) is 6. The molecule has 4 aromatic rings. The van der Waals surface area contributed by atoms with Crippen molar-refractivity contribution in [3.63, 3.8) is 0 Å². The van der Waals surface area contributed by atoms with Gasteiger partial charge < -0.3 is 4.90 Å². The second kappa shape index (κ2) is 7.78. The molecule has 6 nitrogen and oxygen atoms in total. The van der Waals surface area contributed by atoms with E-state index in [0.29, 0.717) is 10.4 Å². The minimum absolute atomic E-state index is 0.349. The van der Waals surface area contributed by atoms with Crippen LogP contribution in [-0.4, -0.2) is 45.3 Å². The van der Waals surface area contributed by atoms with Gasteiger partial charge in [0.1, 0.15) is 0 Å². The van der Waals surface area contributed by atoms with E-state index in [1.807, 2.05) is 24.7 Å². The van der Waals surface area contributed by atoms with Crippen LogP contribution in [0.1, 0.15) is 24.1 Å². The van der Waals surface area contributed by atoms with Gasteiger partial charge in [-0.1, -0.05) is 35.5 Å². The molecule has 0 unspecified atom stereocenters. The normalized spacial score (nSPS) is 17.2. The molecule has 1 aliphatic carbocycles. The maximum absolute atomic E-state index is 6.31. The zero-order chi connectivity index (χ0) is 21.7. The third kappa shape index (κ3) is 3.46. The highest BCUT2D eigenvalue weighted by Crippen LogP contribution is 2.44. The molecule has 0 saturated carbocycles. The minimum Gasteiger partial charge on any atom is -0.342 e. The first-order valence-corrected chi connectivity index (χ1v) is 12.1. The van der Waals surface area contributed by atoms with Gasteiger partial charge in [0.15, 0.2) is 13.5 Å². The highest BCUT2D eigenvalue weighted by molar-refractivity contribution is 7.99. The molecular formula is C23H22BClN6S. The van der Waals surface area contributed by atoms with E-state index in [0.717, 1.165) is 65.8 Å². The number of rotatable bonds is 3. The fraction of sp³-hybridized carbons (Fsp3) is 0.304. The average Bonchev–Trinajstić information content (AvgIpc) is 3.41. The molecule has 1 saturated heterocycles. The lowest BCUT2D eigenvalue weighted by molar-refractivity contribution is 0.230.